The summed E-state index contributed by atoms with van der Waals surface area (Å²) in [5.41, 5.74) is 6.55. The predicted molar refractivity (Wildman–Crippen MR) is 88.7 cm³/mol. The van der Waals surface area contributed by atoms with Gasteiger partial charge in [0.2, 0.25) is 0 Å². The average molecular weight is 349 g/mol. The molecule has 1 aromatic rings. The van der Waals surface area contributed by atoms with Crippen LogP contribution in [-0.4, -0.2) is 19.5 Å². The Morgan fingerprint density at radius 3 is 1.65 bits per heavy atom. The molecule has 0 heterocycles. The van der Waals surface area contributed by atoms with E-state index in [1.165, 1.54) is 57.1 Å². The number of aryl methyl sites for hydroxylation is 1. The quantitative estimate of drug-likeness (QED) is 0.340. The molecule has 0 radical (unpaired) electrons. The zero-order chi connectivity index (χ0) is 16.3. The molecule has 0 unspecified atom stereocenters. The van der Waals surface area contributed by atoms with Crippen molar-refractivity contribution in [1.29, 1.82) is 0 Å². The third-order valence-corrected chi connectivity index (χ3v) is 4.73. The molecular weight excluding hydrogens is 321 g/mol. The molecule has 2 N–H and O–H groups in total. The van der Waals surface area contributed by atoms with Crippen molar-refractivity contribution < 1.29 is 42.5 Å². The summed E-state index contributed by atoms with van der Waals surface area (Å²) < 4.78 is 32.5. The van der Waals surface area contributed by atoms with Crippen LogP contribution in [0.15, 0.2) is 29.2 Å². The summed E-state index contributed by atoms with van der Waals surface area (Å²) >= 11 is 0. The summed E-state index contributed by atoms with van der Waals surface area (Å²) in [5, 5.41) is 0. The van der Waals surface area contributed by atoms with Crippen LogP contribution in [0.25, 0.3) is 0 Å². The largest absolute Gasteiger partial charge is 1.00 e. The van der Waals surface area contributed by atoms with Crippen LogP contribution in [0.3, 0.4) is 0 Å². The van der Waals surface area contributed by atoms with Crippen LogP contribution in [0.4, 0.5) is 0 Å². The molecule has 0 amide bonds. The summed E-state index contributed by atoms with van der Waals surface area (Å²) in [4.78, 5) is -0.147. The van der Waals surface area contributed by atoms with E-state index < -0.39 is 10.1 Å². The Kier molecular flexibility index (Phi) is 13.4. The van der Waals surface area contributed by atoms with Gasteiger partial charge in [-0.3, -0.25) is 0 Å². The molecule has 0 aliphatic heterocycles. The van der Waals surface area contributed by atoms with E-state index in [2.05, 4.69) is 0 Å². The Morgan fingerprint density at radius 2 is 1.22 bits per heavy atom. The number of hydrogen-bond acceptors (Lipinski definition) is 4. The van der Waals surface area contributed by atoms with Gasteiger partial charge in [0, 0.05) is 0 Å². The van der Waals surface area contributed by atoms with Crippen molar-refractivity contribution in [2.75, 3.05) is 6.54 Å². The molecule has 1 aromatic carbocycles. The van der Waals surface area contributed by atoms with E-state index in [9.17, 15) is 13.0 Å². The maximum atomic E-state index is 10.8. The normalized spacial score (nSPS) is 11.2. The molecule has 4 nitrogen and oxygen atoms in total. The first kappa shape index (κ1) is 23.1. The first-order chi connectivity index (χ1) is 10.5. The Morgan fingerprint density at radius 1 is 0.783 bits per heavy atom. The monoisotopic (exact) mass is 349 g/mol. The van der Waals surface area contributed by atoms with E-state index >= 15 is 0 Å². The van der Waals surface area contributed by atoms with Crippen molar-refractivity contribution in [1.82, 2.24) is 0 Å². The second kappa shape index (κ2) is 13.4. The van der Waals surface area contributed by atoms with Gasteiger partial charge in [-0.15, -0.1) is 0 Å². The minimum absolute atomic E-state index is 0. The van der Waals surface area contributed by atoms with E-state index in [-0.39, 0.29) is 34.5 Å². The number of benzene rings is 1. The van der Waals surface area contributed by atoms with E-state index in [1.807, 2.05) is 0 Å². The molecule has 0 spiro atoms. The summed E-state index contributed by atoms with van der Waals surface area (Å²) in [7, 11) is -4.32. The Labute approximate surface area is 163 Å². The topological polar surface area (TPSA) is 83.2 Å². The fourth-order valence-electron chi connectivity index (χ4n) is 2.53. The van der Waals surface area contributed by atoms with Gasteiger partial charge < -0.3 is 10.3 Å². The van der Waals surface area contributed by atoms with Crippen molar-refractivity contribution in [3.8, 4) is 0 Å². The van der Waals surface area contributed by atoms with Crippen molar-refractivity contribution in [3.63, 3.8) is 0 Å². The predicted octanol–water partition coefficient (Wildman–Crippen LogP) is 0.607. The van der Waals surface area contributed by atoms with Crippen LogP contribution < -0.4 is 35.3 Å². The second-order valence-electron chi connectivity index (χ2n) is 5.82. The number of hydrogen-bond donors (Lipinski definition) is 1. The average Bonchev–Trinajstić information content (AvgIpc) is 2.49. The Bertz CT molecular complexity index is 503. The smallest absolute Gasteiger partial charge is 0.744 e. The summed E-state index contributed by atoms with van der Waals surface area (Å²) in [6.45, 7) is 0.807. The van der Waals surface area contributed by atoms with Crippen LogP contribution in [0.2, 0.25) is 0 Å². The number of unbranched alkanes of at least 4 members (excludes halogenated alkanes) is 8. The van der Waals surface area contributed by atoms with Crippen LogP contribution in [0.1, 0.15) is 63.4 Å². The molecule has 0 aliphatic rings. The van der Waals surface area contributed by atoms with Gasteiger partial charge in [-0.1, -0.05) is 57.1 Å². The van der Waals surface area contributed by atoms with Gasteiger partial charge in [-0.05, 0) is 43.5 Å². The fourth-order valence-corrected chi connectivity index (χ4v) is 3.00. The van der Waals surface area contributed by atoms with Gasteiger partial charge in [0.25, 0.3) is 0 Å². The van der Waals surface area contributed by atoms with Crippen LogP contribution in [0.5, 0.6) is 0 Å². The van der Waals surface area contributed by atoms with Gasteiger partial charge >= 0.3 is 29.6 Å². The van der Waals surface area contributed by atoms with E-state index in [1.54, 1.807) is 12.1 Å². The molecule has 0 aliphatic carbocycles. The third-order valence-electron chi connectivity index (χ3n) is 3.88. The molecular formula is C17H28NNaO3S. The van der Waals surface area contributed by atoms with Crippen molar-refractivity contribution >= 4 is 10.1 Å². The molecule has 0 aromatic heterocycles. The van der Waals surface area contributed by atoms with E-state index in [4.69, 9.17) is 5.73 Å². The van der Waals surface area contributed by atoms with Crippen LogP contribution in [-0.2, 0) is 16.5 Å². The molecule has 6 heteroatoms. The summed E-state index contributed by atoms with van der Waals surface area (Å²) in [5.74, 6) is 0. The van der Waals surface area contributed by atoms with Gasteiger partial charge in [-0.25, -0.2) is 8.42 Å². The summed E-state index contributed by atoms with van der Waals surface area (Å²) in [6, 6.07) is 6.28. The van der Waals surface area contributed by atoms with E-state index in [0.717, 1.165) is 31.4 Å². The molecule has 0 atom stereocenters. The maximum absolute atomic E-state index is 10.8. The minimum atomic E-state index is -4.32. The minimum Gasteiger partial charge on any atom is -0.744 e. The third kappa shape index (κ3) is 11.3. The van der Waals surface area contributed by atoms with Gasteiger partial charge in [0.05, 0.1) is 4.90 Å². The fraction of sp³-hybridized carbons (Fsp3) is 0.647. The molecule has 0 saturated heterocycles. The standard InChI is InChI=1S/C17H29NO3S.Na/c18-15-9-7-5-3-1-2-4-6-8-10-16-11-13-17(14-12-16)22(19,20)21;/h11-14H,1-10,15,18H2,(H,19,20,21);/q;+1/p-1. The maximum Gasteiger partial charge on any atom is 1.00 e. The number of nitrogens with two attached hydrogens (primary N) is 1. The molecule has 1 rings (SSSR count). The SMILES string of the molecule is NCCCCCCCCCCCc1ccc(S(=O)(=O)[O-])cc1.[Na+]. The second-order valence-corrected chi connectivity index (χ2v) is 7.20. The Balaban J connectivity index is 0.00000484. The Hall–Kier alpha value is 0.0900. The zero-order valence-corrected chi connectivity index (χ0v) is 17.1. The molecule has 23 heavy (non-hydrogen) atoms. The zero-order valence-electron chi connectivity index (χ0n) is 14.3. The van der Waals surface area contributed by atoms with Crippen molar-refractivity contribution in [3.05, 3.63) is 29.8 Å². The molecule has 0 saturated carbocycles. The summed E-state index contributed by atoms with van der Waals surface area (Å²) in [6.07, 6.45) is 12.1. The van der Waals surface area contributed by atoms with Crippen molar-refractivity contribution in [2.24, 2.45) is 5.73 Å². The molecule has 126 valence electrons. The van der Waals surface area contributed by atoms with E-state index in [0.29, 0.717) is 0 Å². The first-order valence-corrected chi connectivity index (χ1v) is 9.70. The van der Waals surface area contributed by atoms with Crippen LogP contribution >= 0.6 is 0 Å². The first-order valence-electron chi connectivity index (χ1n) is 8.29. The van der Waals surface area contributed by atoms with Gasteiger partial charge in [-0.2, -0.15) is 0 Å². The number of rotatable bonds is 12. The molecule has 0 bridgehead atoms. The van der Waals surface area contributed by atoms with Crippen LogP contribution in [0, 0.1) is 0 Å². The molecule has 0 fully saturated rings. The van der Waals surface area contributed by atoms with Gasteiger partial charge in [0.1, 0.15) is 10.1 Å². The van der Waals surface area contributed by atoms with Gasteiger partial charge in [0.15, 0.2) is 0 Å². The van der Waals surface area contributed by atoms with Crippen molar-refractivity contribution in [2.45, 2.75) is 69.1 Å².